The van der Waals surface area contributed by atoms with E-state index < -0.39 is 10.0 Å². The van der Waals surface area contributed by atoms with Crippen molar-refractivity contribution >= 4 is 27.3 Å². The predicted molar refractivity (Wildman–Crippen MR) is 137 cm³/mol. The van der Waals surface area contributed by atoms with Gasteiger partial charge in [0.25, 0.3) is 15.9 Å². The molecule has 2 fully saturated rings. The van der Waals surface area contributed by atoms with Crippen molar-refractivity contribution < 1.29 is 17.9 Å². The number of sulfonamides is 1. The second kappa shape index (κ2) is 10.6. The number of rotatable bonds is 7. The van der Waals surface area contributed by atoms with E-state index in [-0.39, 0.29) is 16.9 Å². The van der Waals surface area contributed by atoms with Crippen LogP contribution in [-0.2, 0) is 27.6 Å². The molecule has 2 aromatic carbocycles. The number of hydrogen-bond acceptors (Lipinski definition) is 6. The molecule has 8 nitrogen and oxygen atoms in total. The zero-order valence-electron chi connectivity index (χ0n) is 20.0. The zero-order chi connectivity index (χ0) is 24.3. The average molecular weight is 499 g/mol. The van der Waals surface area contributed by atoms with Gasteiger partial charge in [0.05, 0.1) is 16.6 Å². The number of hydrogen-bond donors (Lipinski definition) is 3. The molecule has 1 atom stereocenters. The standard InChI is InChI=1S/C26H34N4O4S/c31-26(28-18-22-6-3-15-34-22)24-17-21(8-10-25(24)30-13-11-27-12-14-30)29-35(32,33)23-9-7-19-4-1-2-5-20(19)16-23/h7-10,16-17,22,27,29H,1-6,11-15,18H2,(H,28,31)/t22-/m1/s1. The number of nitrogens with zero attached hydrogens (tertiary/aromatic N) is 1. The number of nitrogens with one attached hydrogen (secondary N) is 3. The molecule has 0 radical (unpaired) electrons. The topological polar surface area (TPSA) is 99.8 Å². The minimum Gasteiger partial charge on any atom is -0.376 e. The van der Waals surface area contributed by atoms with Gasteiger partial charge in [-0.1, -0.05) is 6.07 Å². The fraction of sp³-hybridized carbons (Fsp3) is 0.500. The molecule has 3 aliphatic rings. The third-order valence-electron chi connectivity index (χ3n) is 7.10. The van der Waals surface area contributed by atoms with Crippen molar-refractivity contribution in [2.24, 2.45) is 0 Å². The molecule has 2 saturated heterocycles. The first-order valence-corrected chi connectivity index (χ1v) is 14.1. The third-order valence-corrected chi connectivity index (χ3v) is 8.47. The summed E-state index contributed by atoms with van der Waals surface area (Å²) in [6.45, 7) is 4.42. The lowest BCUT2D eigenvalue weighted by molar-refractivity contribution is 0.0858. The normalized spacial score (nSPS) is 20.3. The second-order valence-corrected chi connectivity index (χ2v) is 11.2. The summed E-state index contributed by atoms with van der Waals surface area (Å²) in [5.74, 6) is -0.219. The Bertz CT molecular complexity index is 1170. The molecular weight excluding hydrogens is 464 g/mol. The van der Waals surface area contributed by atoms with Crippen LogP contribution in [-0.4, -0.2) is 59.8 Å². The van der Waals surface area contributed by atoms with Gasteiger partial charge >= 0.3 is 0 Å². The molecule has 35 heavy (non-hydrogen) atoms. The van der Waals surface area contributed by atoms with Crippen LogP contribution in [0.15, 0.2) is 41.3 Å². The predicted octanol–water partition coefficient (Wildman–Crippen LogP) is 2.68. The number of fused-ring (bicyclic) bond motifs is 1. The van der Waals surface area contributed by atoms with Crippen LogP contribution in [0.4, 0.5) is 11.4 Å². The van der Waals surface area contributed by atoms with E-state index in [2.05, 4.69) is 20.3 Å². The van der Waals surface area contributed by atoms with Gasteiger partial charge in [-0.15, -0.1) is 0 Å². The van der Waals surface area contributed by atoms with E-state index in [4.69, 9.17) is 4.74 Å². The molecule has 1 aliphatic carbocycles. The maximum absolute atomic E-state index is 13.2. The molecule has 188 valence electrons. The van der Waals surface area contributed by atoms with E-state index >= 15 is 0 Å². The summed E-state index contributed by atoms with van der Waals surface area (Å²) in [5.41, 5.74) is 4.01. The van der Waals surface area contributed by atoms with Crippen LogP contribution in [0, 0.1) is 0 Å². The molecule has 0 spiro atoms. The molecule has 9 heteroatoms. The molecule has 0 unspecified atom stereocenters. The first kappa shape index (κ1) is 24.1. The van der Waals surface area contributed by atoms with Crippen LogP contribution < -0.4 is 20.3 Å². The molecule has 2 heterocycles. The van der Waals surface area contributed by atoms with E-state index in [1.165, 1.54) is 5.56 Å². The van der Waals surface area contributed by atoms with E-state index in [0.29, 0.717) is 17.8 Å². The van der Waals surface area contributed by atoms with Gasteiger partial charge in [0, 0.05) is 50.7 Å². The van der Waals surface area contributed by atoms with Crippen molar-refractivity contribution in [3.8, 4) is 0 Å². The number of piperazine rings is 1. The monoisotopic (exact) mass is 498 g/mol. The van der Waals surface area contributed by atoms with Crippen molar-refractivity contribution in [2.75, 3.05) is 49.0 Å². The molecule has 0 aromatic heterocycles. The second-order valence-electron chi connectivity index (χ2n) is 9.56. The number of anilines is 2. The Balaban J connectivity index is 1.39. The number of carbonyl (C=O) groups excluding carboxylic acids is 1. The first-order valence-electron chi connectivity index (χ1n) is 12.6. The highest BCUT2D eigenvalue weighted by Crippen LogP contribution is 2.28. The van der Waals surface area contributed by atoms with Crippen molar-refractivity contribution in [3.63, 3.8) is 0 Å². The minimum atomic E-state index is -3.78. The van der Waals surface area contributed by atoms with Gasteiger partial charge in [0.2, 0.25) is 0 Å². The molecular formula is C26H34N4O4S. The van der Waals surface area contributed by atoms with Gasteiger partial charge in [-0.05, 0) is 80.0 Å². The van der Waals surface area contributed by atoms with Crippen molar-refractivity contribution in [1.82, 2.24) is 10.6 Å². The summed E-state index contributed by atoms with van der Waals surface area (Å²) in [6.07, 6.45) is 6.12. The highest BCUT2D eigenvalue weighted by atomic mass is 32.2. The van der Waals surface area contributed by atoms with Crippen LogP contribution in [0.2, 0.25) is 0 Å². The summed E-state index contributed by atoms with van der Waals surface area (Å²) >= 11 is 0. The Morgan fingerprint density at radius 1 is 1.03 bits per heavy atom. The Morgan fingerprint density at radius 3 is 2.60 bits per heavy atom. The Hall–Kier alpha value is -2.62. The van der Waals surface area contributed by atoms with Crippen LogP contribution in [0.1, 0.15) is 47.2 Å². The number of ether oxygens (including phenoxy) is 1. The van der Waals surface area contributed by atoms with E-state index in [1.54, 1.807) is 24.3 Å². The minimum absolute atomic E-state index is 0.0345. The van der Waals surface area contributed by atoms with Gasteiger partial charge in [0.15, 0.2) is 0 Å². The molecule has 0 bridgehead atoms. The molecule has 2 aliphatic heterocycles. The largest absolute Gasteiger partial charge is 0.376 e. The number of carbonyl (C=O) groups is 1. The number of amides is 1. The van der Waals surface area contributed by atoms with Gasteiger partial charge in [0.1, 0.15) is 0 Å². The molecule has 1 amide bonds. The summed E-state index contributed by atoms with van der Waals surface area (Å²) < 4.78 is 34.8. The van der Waals surface area contributed by atoms with Crippen molar-refractivity contribution in [3.05, 3.63) is 53.1 Å². The van der Waals surface area contributed by atoms with E-state index in [0.717, 1.165) is 82.6 Å². The van der Waals surface area contributed by atoms with Gasteiger partial charge in [-0.2, -0.15) is 0 Å². The summed E-state index contributed by atoms with van der Waals surface area (Å²) in [4.78, 5) is 15.7. The van der Waals surface area contributed by atoms with Crippen molar-refractivity contribution in [1.29, 1.82) is 0 Å². The fourth-order valence-electron chi connectivity index (χ4n) is 5.16. The van der Waals surface area contributed by atoms with Crippen LogP contribution in [0.5, 0.6) is 0 Å². The maximum atomic E-state index is 13.2. The lowest BCUT2D eigenvalue weighted by Crippen LogP contribution is -2.44. The number of aryl methyl sites for hydroxylation is 2. The molecule has 2 aromatic rings. The maximum Gasteiger partial charge on any atom is 0.261 e. The average Bonchev–Trinajstić information content (AvgIpc) is 3.41. The van der Waals surface area contributed by atoms with E-state index in [1.807, 2.05) is 12.1 Å². The summed E-state index contributed by atoms with van der Waals surface area (Å²) in [7, 11) is -3.78. The highest BCUT2D eigenvalue weighted by Gasteiger charge is 2.23. The number of benzene rings is 2. The summed E-state index contributed by atoms with van der Waals surface area (Å²) in [6, 6.07) is 10.6. The molecule has 0 saturated carbocycles. The van der Waals surface area contributed by atoms with Crippen LogP contribution >= 0.6 is 0 Å². The van der Waals surface area contributed by atoms with Gasteiger partial charge < -0.3 is 20.3 Å². The molecule has 5 rings (SSSR count). The quantitative estimate of drug-likeness (QED) is 0.543. The van der Waals surface area contributed by atoms with Gasteiger partial charge in [-0.25, -0.2) is 8.42 Å². The summed E-state index contributed by atoms with van der Waals surface area (Å²) in [5, 5.41) is 6.32. The van der Waals surface area contributed by atoms with Crippen LogP contribution in [0.25, 0.3) is 0 Å². The Kier molecular flexibility index (Phi) is 7.27. The van der Waals surface area contributed by atoms with Crippen molar-refractivity contribution in [2.45, 2.75) is 49.5 Å². The lowest BCUT2D eigenvalue weighted by Gasteiger charge is -2.31. The molecule has 3 N–H and O–H groups in total. The fourth-order valence-corrected chi connectivity index (χ4v) is 6.26. The Morgan fingerprint density at radius 2 is 1.83 bits per heavy atom. The van der Waals surface area contributed by atoms with Crippen LogP contribution in [0.3, 0.4) is 0 Å². The van der Waals surface area contributed by atoms with Gasteiger partial charge in [-0.3, -0.25) is 9.52 Å². The highest BCUT2D eigenvalue weighted by molar-refractivity contribution is 7.92. The zero-order valence-corrected chi connectivity index (χ0v) is 20.8. The third kappa shape index (κ3) is 5.63. The van der Waals surface area contributed by atoms with E-state index in [9.17, 15) is 13.2 Å². The lowest BCUT2D eigenvalue weighted by atomic mass is 9.92. The Labute approximate surface area is 207 Å². The first-order chi connectivity index (χ1) is 17.0. The smallest absolute Gasteiger partial charge is 0.261 e. The SMILES string of the molecule is O=C(NC[C@H]1CCCO1)c1cc(NS(=O)(=O)c2ccc3c(c2)CCCC3)ccc1N1CCNCC1.